The molecule has 1 aliphatic rings. The van der Waals surface area contributed by atoms with Crippen LogP contribution in [0, 0.1) is 13.8 Å². The van der Waals surface area contributed by atoms with Gasteiger partial charge in [-0.25, -0.2) is 9.97 Å². The van der Waals surface area contributed by atoms with E-state index in [9.17, 15) is 4.79 Å². The molecule has 6 nitrogen and oxygen atoms in total. The molecule has 1 aromatic carbocycles. The summed E-state index contributed by atoms with van der Waals surface area (Å²) in [5.74, 6) is -0.0732. The molecule has 3 heterocycles. The molecular formula is C22H26N4O2S2. The minimum absolute atomic E-state index is 0.0732. The zero-order valence-electron chi connectivity index (χ0n) is 17.4. The standard InChI is InChI=1S/C22H26N4O2S2/c1-14-15(2)26(12-18-10-7-11-28-18)22(23-14)30-16(3)20(27)25-21-24-19(13-29-21)17-8-5-4-6-9-17/h4-6,8-9,13,16,18H,7,10-12H2,1-3H3,(H,24,25,27). The van der Waals surface area contributed by atoms with Crippen LogP contribution in [0.3, 0.4) is 0 Å². The zero-order chi connectivity index (χ0) is 21.1. The largest absolute Gasteiger partial charge is 0.376 e. The van der Waals surface area contributed by atoms with Gasteiger partial charge >= 0.3 is 0 Å². The van der Waals surface area contributed by atoms with Crippen LogP contribution in [0.25, 0.3) is 11.3 Å². The van der Waals surface area contributed by atoms with E-state index in [0.717, 1.165) is 53.8 Å². The van der Waals surface area contributed by atoms with E-state index in [2.05, 4.69) is 21.8 Å². The molecule has 158 valence electrons. The van der Waals surface area contributed by atoms with Crippen LogP contribution in [0.4, 0.5) is 5.13 Å². The summed E-state index contributed by atoms with van der Waals surface area (Å²) in [7, 11) is 0. The van der Waals surface area contributed by atoms with E-state index in [4.69, 9.17) is 9.72 Å². The predicted octanol–water partition coefficient (Wildman–Crippen LogP) is 4.92. The second kappa shape index (κ2) is 9.32. The Hall–Kier alpha value is -2.16. The summed E-state index contributed by atoms with van der Waals surface area (Å²) in [6, 6.07) is 9.96. The molecule has 2 aromatic heterocycles. The van der Waals surface area contributed by atoms with Gasteiger partial charge in [0.05, 0.1) is 29.3 Å². The molecule has 0 aliphatic carbocycles. The highest BCUT2D eigenvalue weighted by molar-refractivity contribution is 8.00. The van der Waals surface area contributed by atoms with Gasteiger partial charge in [-0.15, -0.1) is 11.3 Å². The molecule has 1 fully saturated rings. The summed E-state index contributed by atoms with van der Waals surface area (Å²) < 4.78 is 7.99. The first-order valence-corrected chi connectivity index (χ1v) is 11.9. The van der Waals surface area contributed by atoms with Gasteiger partial charge in [-0.05, 0) is 33.6 Å². The molecule has 0 spiro atoms. The number of imidazole rings is 1. The number of thioether (sulfide) groups is 1. The number of anilines is 1. The zero-order valence-corrected chi connectivity index (χ0v) is 19.1. The molecule has 1 aliphatic heterocycles. The Bertz CT molecular complexity index is 1010. The van der Waals surface area contributed by atoms with Gasteiger partial charge in [-0.1, -0.05) is 42.1 Å². The number of carbonyl (C=O) groups excluding carboxylic acids is 1. The summed E-state index contributed by atoms with van der Waals surface area (Å²) in [5, 5.41) is 6.10. The highest BCUT2D eigenvalue weighted by Gasteiger charge is 2.24. The van der Waals surface area contributed by atoms with Crippen LogP contribution in [0.1, 0.15) is 31.2 Å². The number of amides is 1. The molecular weight excluding hydrogens is 416 g/mol. The Kier molecular flexibility index (Phi) is 6.55. The van der Waals surface area contributed by atoms with Gasteiger partial charge in [-0.3, -0.25) is 4.79 Å². The summed E-state index contributed by atoms with van der Waals surface area (Å²) >= 11 is 2.92. The number of hydrogen-bond donors (Lipinski definition) is 1. The number of benzene rings is 1. The number of hydrogen-bond acceptors (Lipinski definition) is 6. The van der Waals surface area contributed by atoms with E-state index in [0.29, 0.717) is 5.13 Å². The lowest BCUT2D eigenvalue weighted by molar-refractivity contribution is -0.115. The molecule has 8 heteroatoms. The highest BCUT2D eigenvalue weighted by Crippen LogP contribution is 2.29. The number of nitrogens with one attached hydrogen (secondary N) is 1. The van der Waals surface area contributed by atoms with Gasteiger partial charge in [0.2, 0.25) is 5.91 Å². The number of aromatic nitrogens is 3. The molecule has 2 atom stereocenters. The van der Waals surface area contributed by atoms with Crippen molar-refractivity contribution < 1.29 is 9.53 Å². The number of thiazole rings is 1. The monoisotopic (exact) mass is 442 g/mol. The Morgan fingerprint density at radius 2 is 2.13 bits per heavy atom. The number of nitrogens with zero attached hydrogens (tertiary/aromatic N) is 3. The Morgan fingerprint density at radius 3 is 2.87 bits per heavy atom. The van der Waals surface area contributed by atoms with Crippen molar-refractivity contribution >= 4 is 34.1 Å². The number of aryl methyl sites for hydroxylation is 1. The van der Waals surface area contributed by atoms with Crippen molar-refractivity contribution in [3.8, 4) is 11.3 Å². The second-order valence-electron chi connectivity index (χ2n) is 7.46. The van der Waals surface area contributed by atoms with Crippen LogP contribution in [-0.2, 0) is 16.1 Å². The molecule has 1 N–H and O–H groups in total. The molecule has 0 radical (unpaired) electrons. The number of carbonyl (C=O) groups is 1. The van der Waals surface area contributed by atoms with Gasteiger partial charge in [0.1, 0.15) is 0 Å². The molecule has 30 heavy (non-hydrogen) atoms. The maximum absolute atomic E-state index is 12.8. The van der Waals surface area contributed by atoms with Crippen LogP contribution >= 0.6 is 23.1 Å². The molecule has 1 amide bonds. The van der Waals surface area contributed by atoms with Gasteiger partial charge < -0.3 is 14.6 Å². The molecule has 0 bridgehead atoms. The predicted molar refractivity (Wildman–Crippen MR) is 122 cm³/mol. The Labute approximate surface area is 185 Å². The van der Waals surface area contributed by atoms with Crippen LogP contribution in [0.15, 0.2) is 40.9 Å². The van der Waals surface area contributed by atoms with Crippen LogP contribution in [-0.4, -0.2) is 38.4 Å². The first kappa shape index (κ1) is 21.1. The molecule has 3 aromatic rings. The van der Waals surface area contributed by atoms with Gasteiger partial charge in [0.25, 0.3) is 0 Å². The summed E-state index contributed by atoms with van der Waals surface area (Å²) in [4.78, 5) is 22.0. The summed E-state index contributed by atoms with van der Waals surface area (Å²) in [6.07, 6.45) is 2.41. The smallest absolute Gasteiger partial charge is 0.239 e. The lowest BCUT2D eigenvalue weighted by Crippen LogP contribution is -2.23. The van der Waals surface area contributed by atoms with Crippen molar-refractivity contribution in [1.82, 2.24) is 14.5 Å². The second-order valence-corrected chi connectivity index (χ2v) is 9.63. The maximum Gasteiger partial charge on any atom is 0.239 e. The van der Waals surface area contributed by atoms with E-state index >= 15 is 0 Å². The van der Waals surface area contributed by atoms with E-state index in [1.54, 1.807) is 0 Å². The van der Waals surface area contributed by atoms with Crippen molar-refractivity contribution in [2.75, 3.05) is 11.9 Å². The Morgan fingerprint density at radius 1 is 1.33 bits per heavy atom. The highest BCUT2D eigenvalue weighted by atomic mass is 32.2. The first-order valence-electron chi connectivity index (χ1n) is 10.1. The molecule has 1 saturated heterocycles. The molecule has 4 rings (SSSR count). The Balaban J connectivity index is 1.41. The van der Waals surface area contributed by atoms with E-state index in [1.807, 2.05) is 49.6 Å². The van der Waals surface area contributed by atoms with Crippen molar-refractivity contribution in [2.24, 2.45) is 0 Å². The third-order valence-electron chi connectivity index (χ3n) is 5.29. The fourth-order valence-electron chi connectivity index (χ4n) is 3.41. The van der Waals surface area contributed by atoms with Crippen LogP contribution in [0.5, 0.6) is 0 Å². The van der Waals surface area contributed by atoms with Gasteiger partial charge in [0.15, 0.2) is 10.3 Å². The van der Waals surface area contributed by atoms with Gasteiger partial charge in [-0.2, -0.15) is 0 Å². The van der Waals surface area contributed by atoms with Crippen molar-refractivity contribution in [2.45, 2.75) is 56.7 Å². The quantitative estimate of drug-likeness (QED) is 0.526. The van der Waals surface area contributed by atoms with E-state index in [1.165, 1.54) is 23.1 Å². The molecule has 0 saturated carbocycles. The SMILES string of the molecule is Cc1nc(SC(C)C(=O)Nc2nc(-c3ccccc3)cs2)n(CC2CCCO2)c1C. The summed E-state index contributed by atoms with van der Waals surface area (Å²) in [5.41, 5.74) is 4.04. The van der Waals surface area contributed by atoms with E-state index < -0.39 is 0 Å². The van der Waals surface area contributed by atoms with Gasteiger partial charge in [0, 0.05) is 23.2 Å². The average molecular weight is 443 g/mol. The normalized spacial score (nSPS) is 17.2. The minimum Gasteiger partial charge on any atom is -0.376 e. The van der Waals surface area contributed by atoms with Crippen molar-refractivity contribution in [1.29, 1.82) is 0 Å². The third kappa shape index (κ3) is 4.77. The third-order valence-corrected chi connectivity index (χ3v) is 7.14. The van der Waals surface area contributed by atoms with Crippen molar-refractivity contribution in [3.05, 3.63) is 47.1 Å². The van der Waals surface area contributed by atoms with Crippen molar-refractivity contribution in [3.63, 3.8) is 0 Å². The molecule has 2 unspecified atom stereocenters. The van der Waals surface area contributed by atoms with Crippen LogP contribution in [0.2, 0.25) is 0 Å². The fraction of sp³-hybridized carbons (Fsp3) is 0.409. The van der Waals surface area contributed by atoms with E-state index in [-0.39, 0.29) is 17.3 Å². The summed E-state index contributed by atoms with van der Waals surface area (Å²) in [6.45, 7) is 7.61. The lowest BCUT2D eigenvalue weighted by atomic mass is 10.2. The maximum atomic E-state index is 12.8. The topological polar surface area (TPSA) is 69.0 Å². The first-order chi connectivity index (χ1) is 14.5. The lowest BCUT2D eigenvalue weighted by Gasteiger charge is -2.16. The van der Waals surface area contributed by atoms with Crippen LogP contribution < -0.4 is 5.32 Å². The number of ether oxygens (including phenoxy) is 1. The minimum atomic E-state index is -0.293. The fourth-order valence-corrected chi connectivity index (χ4v) is 5.14. The number of rotatable bonds is 7. The average Bonchev–Trinajstić information content (AvgIpc) is 3.48.